The Balaban J connectivity index is 1.59. The maximum Gasteiger partial charge on any atom is 0.129 e. The number of furan rings is 1. The largest absolute Gasteiger partial charge is 0.462 e. The number of rotatable bonds is 5. The van der Waals surface area contributed by atoms with Gasteiger partial charge in [0.05, 0.1) is 12.1 Å². The van der Waals surface area contributed by atoms with E-state index in [1.54, 1.807) is 18.2 Å². The molecule has 0 bridgehead atoms. The summed E-state index contributed by atoms with van der Waals surface area (Å²) in [5.41, 5.74) is 0.149. The van der Waals surface area contributed by atoms with Crippen molar-refractivity contribution in [2.45, 2.75) is 31.6 Å². The van der Waals surface area contributed by atoms with Crippen LogP contribution in [0.2, 0.25) is 0 Å². The van der Waals surface area contributed by atoms with Gasteiger partial charge in [-0.15, -0.1) is 0 Å². The van der Waals surface area contributed by atoms with E-state index in [2.05, 4.69) is 4.90 Å². The number of hydrogen-bond donors (Lipinski definition) is 2. The molecule has 3 rings (SSSR count). The highest BCUT2D eigenvalue weighted by molar-refractivity contribution is 5.19. The normalized spacial score (nSPS) is 22.3. The van der Waals surface area contributed by atoms with Crippen molar-refractivity contribution in [2.24, 2.45) is 0 Å². The van der Waals surface area contributed by atoms with Crippen LogP contribution in [-0.2, 0) is 19.6 Å². The van der Waals surface area contributed by atoms with Gasteiger partial charge in [0.1, 0.15) is 23.9 Å². The summed E-state index contributed by atoms with van der Waals surface area (Å²) >= 11 is 0. The second-order valence-corrected chi connectivity index (χ2v) is 6.01. The van der Waals surface area contributed by atoms with Gasteiger partial charge >= 0.3 is 0 Å². The quantitative estimate of drug-likeness (QED) is 0.888. The number of aliphatic hydroxyl groups excluding tert-OH is 1. The van der Waals surface area contributed by atoms with Gasteiger partial charge in [0, 0.05) is 19.5 Å². The second kappa shape index (κ2) is 6.20. The molecule has 118 valence electrons. The molecule has 0 saturated carbocycles. The summed E-state index contributed by atoms with van der Waals surface area (Å²) in [7, 11) is 0. The Bertz CT molecular complexity index is 625. The van der Waals surface area contributed by atoms with Gasteiger partial charge in [-0.05, 0) is 36.2 Å². The standard InChI is InChI=1S/C17H20FNO3/c18-14-3-1-13(2-4-14)9-17(21)7-8-19(12-17)10-15-5-6-16(11-20)22-15/h1-6,20-21H,7-12H2. The van der Waals surface area contributed by atoms with Gasteiger partial charge in [0.15, 0.2) is 0 Å². The van der Waals surface area contributed by atoms with E-state index in [-0.39, 0.29) is 12.4 Å². The zero-order valence-electron chi connectivity index (χ0n) is 12.3. The lowest BCUT2D eigenvalue weighted by Gasteiger charge is -2.23. The van der Waals surface area contributed by atoms with Crippen molar-refractivity contribution in [3.63, 3.8) is 0 Å². The lowest BCUT2D eigenvalue weighted by atomic mass is 9.94. The van der Waals surface area contributed by atoms with Crippen molar-refractivity contribution >= 4 is 0 Å². The summed E-state index contributed by atoms with van der Waals surface area (Å²) in [5, 5.41) is 19.7. The highest BCUT2D eigenvalue weighted by Gasteiger charge is 2.36. The smallest absolute Gasteiger partial charge is 0.129 e. The highest BCUT2D eigenvalue weighted by Crippen LogP contribution is 2.27. The summed E-state index contributed by atoms with van der Waals surface area (Å²) < 4.78 is 18.4. The van der Waals surface area contributed by atoms with E-state index in [9.17, 15) is 9.50 Å². The summed E-state index contributed by atoms with van der Waals surface area (Å²) in [6, 6.07) is 9.89. The van der Waals surface area contributed by atoms with Crippen LogP contribution in [0.4, 0.5) is 4.39 Å². The first-order valence-electron chi connectivity index (χ1n) is 7.44. The van der Waals surface area contributed by atoms with Crippen LogP contribution >= 0.6 is 0 Å². The third-order valence-corrected chi connectivity index (χ3v) is 4.11. The van der Waals surface area contributed by atoms with E-state index < -0.39 is 5.60 Å². The van der Waals surface area contributed by atoms with Gasteiger partial charge in [0.25, 0.3) is 0 Å². The predicted molar refractivity (Wildman–Crippen MR) is 79.6 cm³/mol. The number of nitrogens with zero attached hydrogens (tertiary/aromatic N) is 1. The Morgan fingerprint density at radius 3 is 2.55 bits per heavy atom. The van der Waals surface area contributed by atoms with Gasteiger partial charge < -0.3 is 14.6 Å². The molecule has 0 amide bonds. The van der Waals surface area contributed by atoms with E-state index >= 15 is 0 Å². The van der Waals surface area contributed by atoms with Crippen LogP contribution in [0.15, 0.2) is 40.8 Å². The van der Waals surface area contributed by atoms with E-state index in [1.165, 1.54) is 12.1 Å². The van der Waals surface area contributed by atoms with Gasteiger partial charge in [-0.1, -0.05) is 12.1 Å². The first kappa shape index (κ1) is 15.2. The predicted octanol–water partition coefficient (Wildman–Crippen LogP) is 2.09. The highest BCUT2D eigenvalue weighted by atomic mass is 19.1. The summed E-state index contributed by atoms with van der Waals surface area (Å²) in [4.78, 5) is 2.13. The van der Waals surface area contributed by atoms with Crippen LogP contribution in [0, 0.1) is 5.82 Å². The van der Waals surface area contributed by atoms with E-state index in [0.29, 0.717) is 31.7 Å². The molecule has 2 N–H and O–H groups in total. The molecular weight excluding hydrogens is 285 g/mol. The van der Waals surface area contributed by atoms with Crippen LogP contribution in [0.25, 0.3) is 0 Å². The molecule has 0 spiro atoms. The molecule has 1 aliphatic heterocycles. The van der Waals surface area contributed by atoms with E-state index in [1.807, 2.05) is 6.07 Å². The third-order valence-electron chi connectivity index (χ3n) is 4.11. The van der Waals surface area contributed by atoms with Crippen LogP contribution in [0.5, 0.6) is 0 Å². The molecule has 1 unspecified atom stereocenters. The van der Waals surface area contributed by atoms with E-state index in [4.69, 9.17) is 9.52 Å². The van der Waals surface area contributed by atoms with E-state index in [0.717, 1.165) is 17.9 Å². The first-order valence-corrected chi connectivity index (χ1v) is 7.44. The van der Waals surface area contributed by atoms with Crippen molar-refractivity contribution in [1.82, 2.24) is 4.90 Å². The molecular formula is C17H20FNO3. The number of likely N-dealkylation sites (tertiary alicyclic amines) is 1. The minimum Gasteiger partial charge on any atom is -0.462 e. The average Bonchev–Trinajstić information content (AvgIpc) is 3.09. The van der Waals surface area contributed by atoms with Gasteiger partial charge in [-0.3, -0.25) is 4.90 Å². The summed E-state index contributed by atoms with van der Waals surface area (Å²) in [5.74, 6) is 1.08. The fourth-order valence-electron chi connectivity index (χ4n) is 3.01. The number of benzene rings is 1. The summed E-state index contributed by atoms with van der Waals surface area (Å²) in [6.45, 7) is 1.85. The van der Waals surface area contributed by atoms with Gasteiger partial charge in [-0.25, -0.2) is 4.39 Å². The first-order chi connectivity index (χ1) is 10.6. The molecule has 22 heavy (non-hydrogen) atoms. The number of halogens is 1. The average molecular weight is 305 g/mol. The SMILES string of the molecule is OCc1ccc(CN2CCC(O)(Cc3ccc(F)cc3)C2)o1. The fraction of sp³-hybridized carbons (Fsp3) is 0.412. The molecule has 0 radical (unpaired) electrons. The van der Waals surface area contributed by atoms with Gasteiger partial charge in [0.2, 0.25) is 0 Å². The number of hydrogen-bond acceptors (Lipinski definition) is 4. The van der Waals surface area contributed by atoms with Gasteiger partial charge in [-0.2, -0.15) is 0 Å². The molecule has 2 aromatic rings. The number of aliphatic hydroxyl groups is 2. The minimum absolute atomic E-state index is 0.103. The maximum absolute atomic E-state index is 12.9. The lowest BCUT2D eigenvalue weighted by Crippen LogP contribution is -2.35. The van der Waals surface area contributed by atoms with Crippen LogP contribution in [0.1, 0.15) is 23.5 Å². The molecule has 2 heterocycles. The van der Waals surface area contributed by atoms with Crippen molar-refractivity contribution < 1.29 is 19.0 Å². The Kier molecular flexibility index (Phi) is 4.29. The summed E-state index contributed by atoms with van der Waals surface area (Å²) in [6.07, 6.45) is 1.20. The fourth-order valence-corrected chi connectivity index (χ4v) is 3.01. The maximum atomic E-state index is 12.9. The Hall–Kier alpha value is -1.69. The molecule has 5 heteroatoms. The Labute approximate surface area is 128 Å². The molecule has 0 aliphatic carbocycles. The van der Waals surface area contributed by atoms with Crippen molar-refractivity contribution in [3.8, 4) is 0 Å². The molecule has 1 atom stereocenters. The van der Waals surface area contributed by atoms with Crippen molar-refractivity contribution in [1.29, 1.82) is 0 Å². The third kappa shape index (κ3) is 3.55. The second-order valence-electron chi connectivity index (χ2n) is 6.01. The Morgan fingerprint density at radius 2 is 1.86 bits per heavy atom. The Morgan fingerprint density at radius 1 is 1.14 bits per heavy atom. The molecule has 1 aliphatic rings. The molecule has 1 aromatic heterocycles. The van der Waals surface area contributed by atoms with Crippen LogP contribution in [0.3, 0.4) is 0 Å². The lowest BCUT2D eigenvalue weighted by molar-refractivity contribution is 0.0480. The zero-order valence-corrected chi connectivity index (χ0v) is 12.3. The molecule has 1 fully saturated rings. The molecule has 1 saturated heterocycles. The topological polar surface area (TPSA) is 56.8 Å². The van der Waals surface area contributed by atoms with Crippen LogP contribution in [-0.4, -0.2) is 33.8 Å². The zero-order chi connectivity index (χ0) is 15.6. The molecule has 1 aromatic carbocycles. The van der Waals surface area contributed by atoms with Crippen LogP contribution < -0.4 is 0 Å². The van der Waals surface area contributed by atoms with Crippen molar-refractivity contribution in [3.05, 3.63) is 59.3 Å². The molecule has 4 nitrogen and oxygen atoms in total. The minimum atomic E-state index is -0.787. The number of β-amino-alcohol motifs (C(OH)–C–C–N with tert-alkyl or cyclic N) is 1. The monoisotopic (exact) mass is 305 g/mol. The van der Waals surface area contributed by atoms with Crippen molar-refractivity contribution in [2.75, 3.05) is 13.1 Å².